The summed E-state index contributed by atoms with van der Waals surface area (Å²) in [7, 11) is 0. The molecule has 0 saturated carbocycles. The minimum absolute atomic E-state index is 0.0322. The van der Waals surface area contributed by atoms with E-state index < -0.39 is 37.4 Å². The van der Waals surface area contributed by atoms with Crippen LogP contribution >= 0.6 is 0 Å². The van der Waals surface area contributed by atoms with Gasteiger partial charge < -0.3 is 4.74 Å². The lowest BCUT2D eigenvalue weighted by Crippen LogP contribution is -2.41. The van der Waals surface area contributed by atoms with Crippen molar-refractivity contribution in [3.8, 4) is 5.75 Å². The van der Waals surface area contributed by atoms with Crippen LogP contribution in [0.3, 0.4) is 0 Å². The number of benzene rings is 1. The predicted molar refractivity (Wildman–Crippen MR) is 84.3 cm³/mol. The van der Waals surface area contributed by atoms with Gasteiger partial charge in [0.15, 0.2) is 12.8 Å². The number of halogens is 6. The number of rotatable bonds is 8. The second-order valence-electron chi connectivity index (χ2n) is 5.52. The van der Waals surface area contributed by atoms with E-state index in [2.05, 4.69) is 14.6 Å². The van der Waals surface area contributed by atoms with E-state index in [0.29, 0.717) is 0 Å². The molecule has 2 rings (SSSR count). The number of amides is 1. The molecule has 1 unspecified atom stereocenters. The fraction of sp³-hybridized carbons (Fsp3) is 0.294. The highest BCUT2D eigenvalue weighted by molar-refractivity contribution is 5.93. The molecule has 0 aliphatic rings. The number of alkyl halides is 6. The first-order valence-corrected chi connectivity index (χ1v) is 7.76. The Bertz CT molecular complexity index is 769. The van der Waals surface area contributed by atoms with Crippen molar-refractivity contribution in [2.24, 2.45) is 0 Å². The third-order valence-electron chi connectivity index (χ3n) is 3.27. The minimum atomic E-state index is -4.55. The fourth-order valence-corrected chi connectivity index (χ4v) is 1.91. The zero-order valence-electron chi connectivity index (χ0n) is 14.1. The van der Waals surface area contributed by atoms with Gasteiger partial charge in [0.05, 0.1) is 6.20 Å². The van der Waals surface area contributed by atoms with Crippen LogP contribution < -0.4 is 10.2 Å². The summed E-state index contributed by atoms with van der Waals surface area (Å²) < 4.78 is 81.8. The summed E-state index contributed by atoms with van der Waals surface area (Å²) >= 11 is 0. The maximum Gasteiger partial charge on any atom is 0.422 e. The number of carbonyl (C=O) groups is 1. The van der Waals surface area contributed by atoms with E-state index in [1.807, 2.05) is 0 Å². The molecule has 28 heavy (non-hydrogen) atoms. The summed E-state index contributed by atoms with van der Waals surface area (Å²) in [6, 6.07) is 9.37. The molecule has 1 heterocycles. The molecule has 1 atom stereocenters. The molecule has 0 radical (unpaired) electrons. The molecule has 1 amide bonds. The van der Waals surface area contributed by atoms with Crippen LogP contribution in [0.2, 0.25) is 0 Å². The van der Waals surface area contributed by atoms with Gasteiger partial charge in [-0.1, -0.05) is 18.2 Å². The quantitative estimate of drug-likeness (QED) is 0.533. The Kier molecular flexibility index (Phi) is 6.84. The van der Waals surface area contributed by atoms with E-state index >= 15 is 0 Å². The van der Waals surface area contributed by atoms with E-state index in [4.69, 9.17) is 0 Å². The largest absolute Gasteiger partial charge is 0.483 e. The molecule has 1 aromatic heterocycles. The minimum Gasteiger partial charge on any atom is -0.483 e. The number of hydrogen-bond donors (Lipinski definition) is 1. The Morgan fingerprint density at radius 2 is 1.75 bits per heavy atom. The first-order chi connectivity index (χ1) is 13.1. The number of aromatic nitrogens is 1. The number of hydrogen-bond acceptors (Lipinski definition) is 4. The second-order valence-corrected chi connectivity index (χ2v) is 5.52. The van der Waals surface area contributed by atoms with Crippen LogP contribution in [0.4, 0.5) is 26.3 Å². The van der Waals surface area contributed by atoms with Gasteiger partial charge in [-0.3, -0.25) is 9.78 Å². The summed E-state index contributed by atoms with van der Waals surface area (Å²) in [4.78, 5) is 19.1. The van der Waals surface area contributed by atoms with Crippen molar-refractivity contribution in [1.29, 1.82) is 0 Å². The van der Waals surface area contributed by atoms with E-state index in [9.17, 15) is 31.1 Å². The van der Waals surface area contributed by atoms with Crippen LogP contribution in [-0.4, -0.2) is 36.0 Å². The topological polar surface area (TPSA) is 60.5 Å². The van der Waals surface area contributed by atoms with Crippen molar-refractivity contribution in [2.45, 2.75) is 24.9 Å². The molecule has 152 valence electrons. The summed E-state index contributed by atoms with van der Waals surface area (Å²) in [6.07, 6.45) is -11.8. The van der Waals surface area contributed by atoms with Crippen LogP contribution in [0.1, 0.15) is 16.1 Å². The molecule has 0 fully saturated rings. The van der Waals surface area contributed by atoms with Crippen LogP contribution in [0.25, 0.3) is 0 Å². The number of carbonyl (C=O) groups excluding carboxylic acids is 1. The molecule has 1 N–H and O–H groups in total. The van der Waals surface area contributed by atoms with Crippen molar-refractivity contribution in [3.63, 3.8) is 0 Å². The van der Waals surface area contributed by atoms with Crippen molar-refractivity contribution in [1.82, 2.24) is 10.5 Å². The van der Waals surface area contributed by atoms with Gasteiger partial charge in [0.1, 0.15) is 5.75 Å². The molecule has 0 bridgehead atoms. The van der Waals surface area contributed by atoms with Gasteiger partial charge in [0.25, 0.3) is 5.91 Å². The average Bonchev–Trinajstić information content (AvgIpc) is 2.65. The molecule has 0 aliphatic carbocycles. The Hall–Kier alpha value is -2.82. The highest BCUT2D eigenvalue weighted by Crippen LogP contribution is 2.25. The number of nitrogens with zero attached hydrogens (tertiary/aromatic N) is 1. The molecule has 1 aromatic carbocycles. The highest BCUT2D eigenvalue weighted by Gasteiger charge is 2.43. The highest BCUT2D eigenvalue weighted by atomic mass is 19.4. The molecule has 0 spiro atoms. The predicted octanol–water partition coefficient (Wildman–Crippen LogP) is 3.86. The summed E-state index contributed by atoms with van der Waals surface area (Å²) in [5.74, 6) is -1.24. The van der Waals surface area contributed by atoms with Gasteiger partial charge in [0.2, 0.25) is 0 Å². The molecule has 11 heteroatoms. The molecule has 0 saturated heterocycles. The number of pyridine rings is 1. The number of nitrogens with one attached hydrogen (secondary N) is 1. The number of hydroxylamine groups is 1. The van der Waals surface area contributed by atoms with Crippen LogP contribution in [0.15, 0.2) is 48.7 Å². The molecule has 0 aliphatic heterocycles. The lowest BCUT2D eigenvalue weighted by atomic mass is 10.2. The molecule has 2 aromatic rings. The van der Waals surface area contributed by atoms with Crippen molar-refractivity contribution >= 4 is 5.91 Å². The van der Waals surface area contributed by atoms with Gasteiger partial charge in [-0.15, -0.1) is 0 Å². The van der Waals surface area contributed by atoms with Gasteiger partial charge >= 0.3 is 12.3 Å². The molecular weight excluding hydrogens is 394 g/mol. The van der Waals surface area contributed by atoms with E-state index in [-0.39, 0.29) is 17.0 Å². The molecular formula is C17H14F6N2O3. The third-order valence-corrected chi connectivity index (χ3v) is 3.27. The number of ether oxygens (including phenoxy) is 1. The summed E-state index contributed by atoms with van der Waals surface area (Å²) in [5.41, 5.74) is 1.33. The van der Waals surface area contributed by atoms with Gasteiger partial charge in [-0.25, -0.2) is 9.87 Å². The Balaban J connectivity index is 1.88. The zero-order chi connectivity index (χ0) is 20.8. The first kappa shape index (κ1) is 21.5. The van der Waals surface area contributed by atoms with Gasteiger partial charge in [-0.2, -0.15) is 26.8 Å². The van der Waals surface area contributed by atoms with E-state index in [1.165, 1.54) is 29.7 Å². The summed E-state index contributed by atoms with van der Waals surface area (Å²) in [6.45, 7) is -1.55. The normalized spacial score (nSPS) is 13.1. The van der Waals surface area contributed by atoms with Crippen LogP contribution in [0.5, 0.6) is 5.75 Å². The lowest BCUT2D eigenvalue weighted by Gasteiger charge is -2.20. The Morgan fingerprint density at radius 3 is 2.32 bits per heavy atom. The fourth-order valence-electron chi connectivity index (χ4n) is 1.91. The maximum absolute atomic E-state index is 13.9. The average molecular weight is 408 g/mol. The Morgan fingerprint density at radius 1 is 1.07 bits per heavy atom. The Labute approximate surface area is 155 Å². The summed E-state index contributed by atoms with van der Waals surface area (Å²) in [5, 5.41) is 0. The smallest absolute Gasteiger partial charge is 0.422 e. The van der Waals surface area contributed by atoms with E-state index in [0.717, 1.165) is 18.3 Å². The zero-order valence-corrected chi connectivity index (χ0v) is 14.1. The van der Waals surface area contributed by atoms with Crippen molar-refractivity contribution in [2.75, 3.05) is 6.61 Å². The SMILES string of the molecule is O=C(NOC(F)(F)C(F)Cc1ccc(OCC(F)(F)F)cn1)c1ccccc1. The standard InChI is InChI=1S/C17H14F6N2O3/c18-14(8-12-6-7-13(9-24-12)27-10-16(19,20)21)17(22,23)28-25-15(26)11-4-2-1-3-5-11/h1-7,9,14H,8,10H2,(H,25,26). The van der Waals surface area contributed by atoms with Crippen LogP contribution in [0, 0.1) is 0 Å². The third kappa shape index (κ3) is 6.72. The lowest BCUT2D eigenvalue weighted by molar-refractivity contribution is -0.293. The monoisotopic (exact) mass is 408 g/mol. The van der Waals surface area contributed by atoms with Crippen molar-refractivity contribution < 1.29 is 40.7 Å². The maximum atomic E-state index is 13.9. The first-order valence-electron chi connectivity index (χ1n) is 7.76. The van der Waals surface area contributed by atoms with Crippen LogP contribution in [-0.2, 0) is 11.3 Å². The van der Waals surface area contributed by atoms with Crippen molar-refractivity contribution in [3.05, 3.63) is 59.9 Å². The van der Waals surface area contributed by atoms with Gasteiger partial charge in [0, 0.05) is 17.7 Å². The van der Waals surface area contributed by atoms with Gasteiger partial charge in [-0.05, 0) is 24.3 Å². The van der Waals surface area contributed by atoms with E-state index in [1.54, 1.807) is 6.07 Å². The molecule has 5 nitrogen and oxygen atoms in total. The second kappa shape index (κ2) is 8.91.